The van der Waals surface area contributed by atoms with Gasteiger partial charge in [-0.05, 0) is 45.1 Å². The largest absolute Gasteiger partial charge is 0.480 e. The number of aromatic nitrogens is 2. The summed E-state index contributed by atoms with van der Waals surface area (Å²) >= 11 is 1.73. The average Bonchev–Trinajstić information content (AvgIpc) is 2.72. The Morgan fingerprint density at radius 3 is 2.41 bits per heavy atom. The van der Waals surface area contributed by atoms with E-state index in [2.05, 4.69) is 10.4 Å². The summed E-state index contributed by atoms with van der Waals surface area (Å²) in [4.78, 5) is 24.3. The van der Waals surface area contributed by atoms with Crippen LogP contribution in [0.1, 0.15) is 42.6 Å². The van der Waals surface area contributed by atoms with Crippen LogP contribution < -0.4 is 5.32 Å². The van der Waals surface area contributed by atoms with Gasteiger partial charge in [0.2, 0.25) is 5.91 Å². The summed E-state index contributed by atoms with van der Waals surface area (Å²) < 4.78 is 1.75. The molecule has 1 amide bonds. The van der Waals surface area contributed by atoms with Gasteiger partial charge in [0.05, 0.1) is 11.6 Å². The molecule has 1 fully saturated rings. The summed E-state index contributed by atoms with van der Waals surface area (Å²) in [6.45, 7) is 5.60. The zero-order chi connectivity index (χ0) is 16.5. The molecule has 122 valence electrons. The predicted octanol–water partition coefficient (Wildman–Crippen LogP) is 1.61. The molecule has 0 saturated carbocycles. The summed E-state index contributed by atoms with van der Waals surface area (Å²) in [7, 11) is 1.84. The van der Waals surface area contributed by atoms with Gasteiger partial charge in [0.25, 0.3) is 0 Å². The molecule has 1 unspecified atom stereocenters. The number of nitrogens with zero attached hydrogens (tertiary/aromatic N) is 2. The molecule has 1 aromatic heterocycles. The number of hydrogen-bond donors (Lipinski definition) is 2. The van der Waals surface area contributed by atoms with E-state index in [0.717, 1.165) is 28.5 Å². The lowest BCUT2D eigenvalue weighted by Gasteiger charge is -2.34. The number of aliphatic carboxylic acids is 1. The molecule has 0 aliphatic carbocycles. The molecule has 1 saturated heterocycles. The third kappa shape index (κ3) is 2.99. The van der Waals surface area contributed by atoms with E-state index in [1.165, 1.54) is 0 Å². The monoisotopic (exact) mass is 325 g/mol. The van der Waals surface area contributed by atoms with Crippen molar-refractivity contribution in [2.24, 2.45) is 7.05 Å². The number of aryl methyl sites for hydroxylation is 2. The lowest BCUT2D eigenvalue weighted by atomic mass is 9.90. The van der Waals surface area contributed by atoms with Gasteiger partial charge in [0.15, 0.2) is 0 Å². The van der Waals surface area contributed by atoms with Crippen LogP contribution in [0, 0.1) is 13.8 Å². The Morgan fingerprint density at radius 2 is 1.95 bits per heavy atom. The minimum atomic E-state index is -1.12. The number of carboxylic acids is 1. The Bertz CT molecular complexity index is 591. The van der Waals surface area contributed by atoms with E-state index < -0.39 is 17.4 Å². The predicted molar refractivity (Wildman–Crippen MR) is 86.2 cm³/mol. The molecule has 2 N–H and O–H groups in total. The van der Waals surface area contributed by atoms with Crippen LogP contribution in [0.25, 0.3) is 0 Å². The van der Waals surface area contributed by atoms with E-state index >= 15 is 0 Å². The molecule has 1 aromatic rings. The van der Waals surface area contributed by atoms with E-state index in [1.807, 2.05) is 20.9 Å². The van der Waals surface area contributed by atoms with Crippen LogP contribution >= 0.6 is 11.8 Å². The first-order valence-corrected chi connectivity index (χ1v) is 8.57. The lowest BCUT2D eigenvalue weighted by Crippen LogP contribution is -2.57. The van der Waals surface area contributed by atoms with E-state index in [-0.39, 0.29) is 5.91 Å². The molecule has 1 aliphatic rings. The molecule has 0 aromatic carbocycles. The SMILES string of the molecule is Cc1nn(C)c(C)c1C(C)C(=O)NC1(C(=O)O)CCSCC1. The molecule has 0 spiro atoms. The van der Waals surface area contributed by atoms with Gasteiger partial charge in [0.1, 0.15) is 5.54 Å². The smallest absolute Gasteiger partial charge is 0.329 e. The zero-order valence-corrected chi connectivity index (χ0v) is 14.3. The van der Waals surface area contributed by atoms with Crippen molar-refractivity contribution in [3.8, 4) is 0 Å². The normalized spacial score (nSPS) is 18.7. The minimum Gasteiger partial charge on any atom is -0.480 e. The van der Waals surface area contributed by atoms with Crippen LogP contribution in [0.15, 0.2) is 0 Å². The number of nitrogens with one attached hydrogen (secondary N) is 1. The number of amides is 1. The van der Waals surface area contributed by atoms with Crippen molar-refractivity contribution in [3.05, 3.63) is 17.0 Å². The molecular weight excluding hydrogens is 302 g/mol. The lowest BCUT2D eigenvalue weighted by molar-refractivity contribution is -0.148. The van der Waals surface area contributed by atoms with Crippen molar-refractivity contribution in [2.45, 2.75) is 45.1 Å². The van der Waals surface area contributed by atoms with Gasteiger partial charge in [-0.3, -0.25) is 9.48 Å². The summed E-state index contributed by atoms with van der Waals surface area (Å²) in [5, 5.41) is 16.7. The highest BCUT2D eigenvalue weighted by Crippen LogP contribution is 2.29. The van der Waals surface area contributed by atoms with Crippen molar-refractivity contribution < 1.29 is 14.7 Å². The maximum Gasteiger partial charge on any atom is 0.329 e. The number of rotatable bonds is 4. The van der Waals surface area contributed by atoms with Gasteiger partial charge in [0, 0.05) is 18.3 Å². The topological polar surface area (TPSA) is 84.2 Å². The third-order valence-electron chi connectivity index (χ3n) is 4.51. The summed E-state index contributed by atoms with van der Waals surface area (Å²) in [6, 6.07) is 0. The Morgan fingerprint density at radius 1 is 1.36 bits per heavy atom. The average molecular weight is 325 g/mol. The molecule has 6 nitrogen and oxygen atoms in total. The van der Waals surface area contributed by atoms with E-state index in [1.54, 1.807) is 23.4 Å². The molecule has 1 atom stereocenters. The van der Waals surface area contributed by atoms with Gasteiger partial charge in [-0.15, -0.1) is 0 Å². The van der Waals surface area contributed by atoms with Crippen LogP contribution in [0.5, 0.6) is 0 Å². The quantitative estimate of drug-likeness (QED) is 0.878. The molecule has 1 aliphatic heterocycles. The Hall–Kier alpha value is -1.50. The first-order chi connectivity index (χ1) is 10.3. The van der Waals surface area contributed by atoms with E-state index in [9.17, 15) is 14.7 Å². The molecule has 7 heteroatoms. The van der Waals surface area contributed by atoms with Gasteiger partial charge >= 0.3 is 5.97 Å². The Labute approximate surface area is 134 Å². The second-order valence-electron chi connectivity index (χ2n) is 5.92. The van der Waals surface area contributed by atoms with Crippen LogP contribution in [0.3, 0.4) is 0 Å². The first-order valence-electron chi connectivity index (χ1n) is 7.42. The Kier molecular flexibility index (Phi) is 4.84. The Balaban J connectivity index is 2.21. The molecule has 2 heterocycles. The number of thioether (sulfide) groups is 1. The number of hydrogen-bond acceptors (Lipinski definition) is 4. The summed E-state index contributed by atoms with van der Waals surface area (Å²) in [5.74, 6) is -0.0846. The molecule has 22 heavy (non-hydrogen) atoms. The molecule has 0 radical (unpaired) electrons. The summed E-state index contributed by atoms with van der Waals surface area (Å²) in [5.41, 5.74) is 1.50. The van der Waals surface area contributed by atoms with Crippen molar-refractivity contribution in [2.75, 3.05) is 11.5 Å². The van der Waals surface area contributed by atoms with Crippen molar-refractivity contribution in [1.82, 2.24) is 15.1 Å². The number of carbonyl (C=O) groups excluding carboxylic acids is 1. The maximum atomic E-state index is 12.6. The van der Waals surface area contributed by atoms with Crippen molar-refractivity contribution in [3.63, 3.8) is 0 Å². The highest BCUT2D eigenvalue weighted by atomic mass is 32.2. The highest BCUT2D eigenvalue weighted by molar-refractivity contribution is 7.99. The van der Waals surface area contributed by atoms with E-state index in [0.29, 0.717) is 12.8 Å². The fraction of sp³-hybridized carbons (Fsp3) is 0.667. The number of carbonyl (C=O) groups is 2. The van der Waals surface area contributed by atoms with Gasteiger partial charge < -0.3 is 10.4 Å². The van der Waals surface area contributed by atoms with Gasteiger partial charge in [-0.25, -0.2) is 4.79 Å². The van der Waals surface area contributed by atoms with Crippen LogP contribution in [0.2, 0.25) is 0 Å². The molecular formula is C15H23N3O3S. The van der Waals surface area contributed by atoms with Crippen molar-refractivity contribution in [1.29, 1.82) is 0 Å². The standard InChI is InChI=1S/C15H23N3O3S/c1-9(12-10(2)17-18(4)11(12)3)13(19)16-15(14(20)21)5-7-22-8-6-15/h9H,5-8H2,1-4H3,(H,16,19)(H,20,21). The third-order valence-corrected chi connectivity index (χ3v) is 5.50. The van der Waals surface area contributed by atoms with Crippen molar-refractivity contribution >= 4 is 23.6 Å². The van der Waals surface area contributed by atoms with Gasteiger partial charge in [-0.1, -0.05) is 0 Å². The zero-order valence-electron chi connectivity index (χ0n) is 13.5. The second-order valence-corrected chi connectivity index (χ2v) is 7.14. The van der Waals surface area contributed by atoms with E-state index in [4.69, 9.17) is 0 Å². The fourth-order valence-electron chi connectivity index (χ4n) is 3.00. The first kappa shape index (κ1) is 16.9. The second kappa shape index (κ2) is 6.32. The van der Waals surface area contributed by atoms with Gasteiger partial charge in [-0.2, -0.15) is 16.9 Å². The summed E-state index contributed by atoms with van der Waals surface area (Å²) in [6.07, 6.45) is 0.937. The highest BCUT2D eigenvalue weighted by Gasteiger charge is 2.42. The number of carboxylic acid groups (broad SMARTS) is 1. The van der Waals surface area contributed by atoms with Crippen LogP contribution in [-0.4, -0.2) is 43.8 Å². The minimum absolute atomic E-state index is 0.242. The van der Waals surface area contributed by atoms with Crippen LogP contribution in [0.4, 0.5) is 0 Å². The van der Waals surface area contributed by atoms with Crippen LogP contribution in [-0.2, 0) is 16.6 Å². The maximum absolute atomic E-state index is 12.6. The molecule has 0 bridgehead atoms. The molecule has 2 rings (SSSR count). The fourth-order valence-corrected chi connectivity index (χ4v) is 4.19.